The average Bonchev–Trinajstić information content (AvgIpc) is 1.65. The van der Waals surface area contributed by atoms with Gasteiger partial charge in [0.15, 0.2) is 0 Å². The molecule has 0 bridgehead atoms. The Balaban J connectivity index is -0.0000000750. The second-order valence-corrected chi connectivity index (χ2v) is 1.42. The van der Waals surface area contributed by atoms with Gasteiger partial charge in [0.2, 0.25) is 0 Å². The maximum Gasteiger partial charge on any atom is 0.290 e. The van der Waals surface area contributed by atoms with Crippen LogP contribution in [-0.4, -0.2) is 22.8 Å². The Morgan fingerprint density at radius 1 is 1.60 bits per heavy atom. The molecular weight excluding hydrogens is 134 g/mol. The van der Waals surface area contributed by atoms with E-state index in [1.165, 1.54) is 6.92 Å². The minimum atomic E-state index is -0.250. The van der Waals surface area contributed by atoms with Gasteiger partial charge in [0, 0.05) is 13.0 Å². The first kappa shape index (κ1) is 16.0. The molecule has 0 fully saturated rings. The molecule has 4 nitrogen and oxygen atoms in total. The molecule has 0 aliphatic carbocycles. The number of nitrogens with zero attached hydrogens (tertiary/aromatic N) is 1. The predicted molar refractivity (Wildman–Crippen MR) is 37.3 cm³/mol. The van der Waals surface area contributed by atoms with Gasteiger partial charge in [0.05, 0.1) is 6.07 Å². The molecule has 0 heterocycles. The van der Waals surface area contributed by atoms with Crippen LogP contribution in [0.4, 0.5) is 0 Å². The van der Waals surface area contributed by atoms with Gasteiger partial charge in [-0.1, -0.05) is 0 Å². The van der Waals surface area contributed by atoms with E-state index < -0.39 is 0 Å². The van der Waals surface area contributed by atoms with Crippen LogP contribution in [0.25, 0.3) is 0 Å². The summed E-state index contributed by atoms with van der Waals surface area (Å²) in [4.78, 5) is 8.36. The smallest absolute Gasteiger partial charge is 0.290 e. The monoisotopic (exact) mass is 147 g/mol. The van der Waals surface area contributed by atoms with E-state index in [0.717, 1.165) is 0 Å². The number of nitriles is 1. The number of hydrogen-bond acceptors (Lipinski definition) is 3. The highest BCUT2D eigenvalue weighted by Gasteiger charge is 1.69. The van der Waals surface area contributed by atoms with Crippen molar-refractivity contribution >= 4 is 6.47 Å². The van der Waals surface area contributed by atoms with Crippen LogP contribution in [-0.2, 0) is 4.79 Å². The van der Waals surface area contributed by atoms with Gasteiger partial charge in [-0.05, 0) is 13.8 Å². The Kier molecular flexibility index (Phi) is 39.4. The van der Waals surface area contributed by atoms with E-state index in [1.54, 1.807) is 19.9 Å². The molecule has 2 N–H and O–H groups in total. The third kappa shape index (κ3) is 208. The number of carboxylic acid groups (broad SMARTS) is 1. The van der Waals surface area contributed by atoms with Crippen LogP contribution in [0.1, 0.15) is 20.8 Å². The highest BCUT2D eigenvalue weighted by atomic mass is 16.3. The maximum atomic E-state index is 8.36. The molecule has 0 aromatic rings. The molecule has 60 valence electrons. The van der Waals surface area contributed by atoms with E-state index in [1.807, 2.05) is 0 Å². The zero-order valence-electron chi connectivity index (χ0n) is 6.40. The van der Waals surface area contributed by atoms with E-state index >= 15 is 0 Å². The van der Waals surface area contributed by atoms with Crippen molar-refractivity contribution in [2.45, 2.75) is 26.9 Å². The molecule has 0 rings (SSSR count). The Morgan fingerprint density at radius 3 is 1.60 bits per heavy atom. The number of aliphatic hydroxyl groups excluding tert-OH is 1. The van der Waals surface area contributed by atoms with E-state index in [-0.39, 0.29) is 12.6 Å². The Morgan fingerprint density at radius 2 is 1.60 bits per heavy atom. The molecule has 0 saturated heterocycles. The van der Waals surface area contributed by atoms with E-state index in [2.05, 4.69) is 0 Å². The molecular formula is C6H13NO3. The van der Waals surface area contributed by atoms with Crippen molar-refractivity contribution in [2.75, 3.05) is 0 Å². The number of hydrogen-bond donors (Lipinski definition) is 2. The van der Waals surface area contributed by atoms with Gasteiger partial charge in [0.1, 0.15) is 0 Å². The SMILES string of the molecule is CC#N.CC(C)O.O=CO. The Bertz CT molecular complexity index is 82.7. The molecule has 0 aromatic carbocycles. The number of aliphatic hydroxyl groups is 1. The lowest BCUT2D eigenvalue weighted by Gasteiger charge is -1.80. The first-order chi connectivity index (χ1) is 4.56. The van der Waals surface area contributed by atoms with Gasteiger partial charge in [-0.25, -0.2) is 0 Å². The molecule has 0 atom stereocenters. The summed E-state index contributed by atoms with van der Waals surface area (Å²) in [5.74, 6) is 0. The summed E-state index contributed by atoms with van der Waals surface area (Å²) in [7, 11) is 0. The minimum absolute atomic E-state index is 0.167. The fourth-order valence-corrected chi connectivity index (χ4v) is 0. The topological polar surface area (TPSA) is 81.3 Å². The van der Waals surface area contributed by atoms with Crippen molar-refractivity contribution in [2.24, 2.45) is 0 Å². The lowest BCUT2D eigenvalue weighted by Crippen LogP contribution is -1.85. The summed E-state index contributed by atoms with van der Waals surface area (Å²) in [6.45, 7) is 4.62. The van der Waals surface area contributed by atoms with E-state index in [4.69, 9.17) is 20.3 Å². The number of carbonyl (C=O) groups is 1. The quantitative estimate of drug-likeness (QED) is 0.492. The lowest BCUT2D eigenvalue weighted by molar-refractivity contribution is -0.122. The fourth-order valence-electron chi connectivity index (χ4n) is 0. The lowest BCUT2D eigenvalue weighted by atomic mass is 10.5. The molecule has 0 aliphatic rings. The molecule has 0 aromatic heterocycles. The van der Waals surface area contributed by atoms with Gasteiger partial charge >= 0.3 is 0 Å². The van der Waals surface area contributed by atoms with Gasteiger partial charge in [-0.2, -0.15) is 5.26 Å². The Labute approximate surface area is 60.7 Å². The largest absolute Gasteiger partial charge is 0.483 e. The Hall–Kier alpha value is -1.08. The van der Waals surface area contributed by atoms with Crippen molar-refractivity contribution in [1.29, 1.82) is 5.26 Å². The van der Waals surface area contributed by atoms with Crippen LogP contribution in [0.2, 0.25) is 0 Å². The molecule has 0 unspecified atom stereocenters. The van der Waals surface area contributed by atoms with Crippen LogP contribution < -0.4 is 0 Å². The first-order valence-corrected chi connectivity index (χ1v) is 2.63. The molecule has 0 spiro atoms. The molecule has 0 saturated carbocycles. The first-order valence-electron chi connectivity index (χ1n) is 2.63. The zero-order valence-corrected chi connectivity index (χ0v) is 6.40. The summed E-state index contributed by atoms with van der Waals surface area (Å²) in [6.07, 6.45) is -0.167. The summed E-state index contributed by atoms with van der Waals surface area (Å²) in [5, 5.41) is 22.3. The van der Waals surface area contributed by atoms with Gasteiger partial charge in [-0.15, -0.1) is 0 Å². The maximum absolute atomic E-state index is 8.36. The van der Waals surface area contributed by atoms with Crippen molar-refractivity contribution in [3.8, 4) is 6.07 Å². The standard InChI is InChI=1S/C3H8O.C2H3N.CH2O2/c1-3(2)4;1-2-3;2-1-3/h3-4H,1-2H3;1H3;1H,(H,2,3). The van der Waals surface area contributed by atoms with E-state index in [9.17, 15) is 0 Å². The van der Waals surface area contributed by atoms with Crippen LogP contribution >= 0.6 is 0 Å². The highest BCUT2D eigenvalue weighted by Crippen LogP contribution is 1.65. The van der Waals surface area contributed by atoms with Crippen molar-refractivity contribution in [3.05, 3.63) is 0 Å². The normalized spacial score (nSPS) is 5.60. The van der Waals surface area contributed by atoms with E-state index in [0.29, 0.717) is 0 Å². The summed E-state index contributed by atoms with van der Waals surface area (Å²) in [5.41, 5.74) is 0. The molecule has 0 aliphatic heterocycles. The number of rotatable bonds is 0. The second-order valence-electron chi connectivity index (χ2n) is 1.42. The predicted octanol–water partition coefficient (Wildman–Crippen LogP) is 0.618. The van der Waals surface area contributed by atoms with Crippen molar-refractivity contribution in [1.82, 2.24) is 0 Å². The molecule has 4 heteroatoms. The van der Waals surface area contributed by atoms with Crippen LogP contribution in [0.5, 0.6) is 0 Å². The second kappa shape index (κ2) is 24.7. The third-order valence-corrected chi connectivity index (χ3v) is 0. The summed E-state index contributed by atoms with van der Waals surface area (Å²) >= 11 is 0. The molecule has 0 amide bonds. The fraction of sp³-hybridized carbons (Fsp3) is 0.667. The van der Waals surface area contributed by atoms with Crippen molar-refractivity contribution in [3.63, 3.8) is 0 Å². The minimum Gasteiger partial charge on any atom is -0.483 e. The van der Waals surface area contributed by atoms with Crippen molar-refractivity contribution < 1.29 is 15.0 Å². The average molecular weight is 147 g/mol. The summed E-state index contributed by atoms with van der Waals surface area (Å²) in [6, 6.07) is 1.75. The van der Waals surface area contributed by atoms with Crippen LogP contribution in [0.3, 0.4) is 0 Å². The summed E-state index contributed by atoms with van der Waals surface area (Å²) < 4.78 is 0. The van der Waals surface area contributed by atoms with Gasteiger partial charge in [-0.3, -0.25) is 4.79 Å². The third-order valence-electron chi connectivity index (χ3n) is 0. The van der Waals surface area contributed by atoms with Crippen LogP contribution in [0, 0.1) is 11.3 Å². The van der Waals surface area contributed by atoms with Gasteiger partial charge < -0.3 is 10.2 Å². The van der Waals surface area contributed by atoms with Crippen LogP contribution in [0.15, 0.2) is 0 Å². The molecule has 10 heavy (non-hydrogen) atoms. The van der Waals surface area contributed by atoms with Gasteiger partial charge in [0.25, 0.3) is 6.47 Å². The zero-order chi connectivity index (χ0) is 8.99. The highest BCUT2D eigenvalue weighted by molar-refractivity contribution is 5.32. The molecule has 0 radical (unpaired) electrons.